The fourth-order valence-corrected chi connectivity index (χ4v) is 1.33. The second kappa shape index (κ2) is 6.27. The highest BCUT2D eigenvalue weighted by Gasteiger charge is 2.09. The van der Waals surface area contributed by atoms with Crippen LogP contribution in [0.1, 0.15) is 19.7 Å². The number of imidazole rings is 1. The van der Waals surface area contributed by atoms with Crippen LogP contribution in [0, 0.1) is 0 Å². The first-order valence-electron chi connectivity index (χ1n) is 5.63. The van der Waals surface area contributed by atoms with Crippen LogP contribution in [-0.2, 0) is 17.9 Å². The third-order valence-corrected chi connectivity index (χ3v) is 2.54. The molecule has 0 aliphatic heterocycles. The Morgan fingerprint density at radius 2 is 2.31 bits per heavy atom. The zero-order valence-electron chi connectivity index (χ0n) is 10.2. The molecule has 16 heavy (non-hydrogen) atoms. The van der Waals surface area contributed by atoms with Gasteiger partial charge < -0.3 is 14.8 Å². The molecule has 0 bridgehead atoms. The van der Waals surface area contributed by atoms with E-state index in [1.54, 1.807) is 11.1 Å². The van der Waals surface area contributed by atoms with E-state index >= 15 is 0 Å². The third kappa shape index (κ3) is 3.34. The molecular weight excluding hydrogens is 204 g/mol. The molecule has 5 nitrogen and oxygen atoms in total. The van der Waals surface area contributed by atoms with E-state index in [4.69, 9.17) is 0 Å². The van der Waals surface area contributed by atoms with Crippen molar-refractivity contribution in [2.75, 3.05) is 20.1 Å². The summed E-state index contributed by atoms with van der Waals surface area (Å²) in [6, 6.07) is 0. The predicted octanol–water partition coefficient (Wildman–Crippen LogP) is 0.471. The van der Waals surface area contributed by atoms with Crippen LogP contribution in [0.5, 0.6) is 0 Å². The molecule has 1 rings (SSSR count). The number of likely N-dealkylation sites (N-methyl/N-ethyl adjacent to an activating group) is 1. The molecule has 0 fully saturated rings. The minimum atomic E-state index is 0.109. The van der Waals surface area contributed by atoms with Gasteiger partial charge in [0.2, 0.25) is 5.91 Å². The zero-order valence-corrected chi connectivity index (χ0v) is 10.2. The summed E-state index contributed by atoms with van der Waals surface area (Å²) in [6.45, 7) is 6.71. The van der Waals surface area contributed by atoms with Gasteiger partial charge in [-0.2, -0.15) is 0 Å². The minimum absolute atomic E-state index is 0.109. The summed E-state index contributed by atoms with van der Waals surface area (Å²) < 4.78 is 1.89. The van der Waals surface area contributed by atoms with Crippen LogP contribution >= 0.6 is 0 Å². The summed E-state index contributed by atoms with van der Waals surface area (Å²) in [5, 5.41) is 3.20. The Hall–Kier alpha value is -1.36. The van der Waals surface area contributed by atoms with Gasteiger partial charge in [0.25, 0.3) is 0 Å². The van der Waals surface area contributed by atoms with Crippen LogP contribution in [-0.4, -0.2) is 40.5 Å². The molecule has 1 heterocycles. The number of carbonyl (C=O) groups is 1. The van der Waals surface area contributed by atoms with Gasteiger partial charge in [-0.05, 0) is 13.5 Å². The number of aromatic nitrogens is 2. The van der Waals surface area contributed by atoms with E-state index in [-0.39, 0.29) is 5.91 Å². The third-order valence-electron chi connectivity index (χ3n) is 2.54. The highest BCUT2D eigenvalue weighted by molar-refractivity contribution is 5.75. The van der Waals surface area contributed by atoms with Crippen molar-refractivity contribution in [3.05, 3.63) is 18.2 Å². The molecule has 0 aliphatic rings. The van der Waals surface area contributed by atoms with Crippen molar-refractivity contribution in [3.8, 4) is 0 Å². The van der Waals surface area contributed by atoms with Crippen LogP contribution in [0.4, 0.5) is 0 Å². The maximum atomic E-state index is 11.7. The number of nitrogens with zero attached hydrogens (tertiary/aromatic N) is 3. The summed E-state index contributed by atoms with van der Waals surface area (Å²) in [6.07, 6.45) is 3.57. The Bertz CT molecular complexity index is 334. The molecule has 90 valence electrons. The molecule has 0 unspecified atom stereocenters. The summed E-state index contributed by atoms with van der Waals surface area (Å²) in [4.78, 5) is 17.7. The highest BCUT2D eigenvalue weighted by Crippen LogP contribution is 1.99. The van der Waals surface area contributed by atoms with Crippen LogP contribution < -0.4 is 5.32 Å². The number of rotatable bonds is 6. The lowest BCUT2D eigenvalue weighted by atomic mass is 10.4. The minimum Gasteiger partial charge on any atom is -0.344 e. The first-order valence-corrected chi connectivity index (χ1v) is 5.63. The van der Waals surface area contributed by atoms with Crippen molar-refractivity contribution in [3.63, 3.8) is 0 Å². The topological polar surface area (TPSA) is 50.2 Å². The van der Waals surface area contributed by atoms with Crippen LogP contribution in [0.15, 0.2) is 12.4 Å². The van der Waals surface area contributed by atoms with Gasteiger partial charge in [0.1, 0.15) is 12.4 Å². The van der Waals surface area contributed by atoms with E-state index in [0.29, 0.717) is 13.1 Å². The van der Waals surface area contributed by atoms with Crippen LogP contribution in [0.2, 0.25) is 0 Å². The Labute approximate surface area is 96.5 Å². The van der Waals surface area contributed by atoms with E-state index in [9.17, 15) is 4.79 Å². The SMILES string of the molecule is CCNCc1nccn1CC(=O)N(C)CC. The number of hydrogen-bond donors (Lipinski definition) is 1. The Morgan fingerprint density at radius 3 is 2.94 bits per heavy atom. The highest BCUT2D eigenvalue weighted by atomic mass is 16.2. The molecule has 0 saturated carbocycles. The van der Waals surface area contributed by atoms with Gasteiger partial charge in [0, 0.05) is 26.0 Å². The molecule has 0 aromatic carbocycles. The Kier molecular flexibility index (Phi) is 4.98. The lowest BCUT2D eigenvalue weighted by Gasteiger charge is -2.15. The number of nitrogens with one attached hydrogen (secondary N) is 1. The van der Waals surface area contributed by atoms with Crippen molar-refractivity contribution in [2.45, 2.75) is 26.9 Å². The average molecular weight is 224 g/mol. The van der Waals surface area contributed by atoms with E-state index in [2.05, 4.69) is 10.3 Å². The van der Waals surface area contributed by atoms with Gasteiger partial charge in [-0.25, -0.2) is 4.98 Å². The molecule has 5 heteroatoms. The first kappa shape index (κ1) is 12.7. The molecule has 1 aromatic heterocycles. The summed E-state index contributed by atoms with van der Waals surface area (Å²) in [7, 11) is 1.81. The second-order valence-corrected chi connectivity index (χ2v) is 3.66. The summed E-state index contributed by atoms with van der Waals surface area (Å²) >= 11 is 0. The molecule has 0 spiro atoms. The van der Waals surface area contributed by atoms with Gasteiger partial charge in [0.05, 0.1) is 6.54 Å². The second-order valence-electron chi connectivity index (χ2n) is 3.66. The monoisotopic (exact) mass is 224 g/mol. The molecule has 0 aliphatic carbocycles. The van der Waals surface area contributed by atoms with Crippen LogP contribution in [0.25, 0.3) is 0 Å². The van der Waals surface area contributed by atoms with Crippen molar-refractivity contribution in [1.82, 2.24) is 19.8 Å². The van der Waals surface area contributed by atoms with Gasteiger partial charge >= 0.3 is 0 Å². The predicted molar refractivity (Wildman–Crippen MR) is 62.9 cm³/mol. The number of hydrogen-bond acceptors (Lipinski definition) is 3. The van der Waals surface area contributed by atoms with Gasteiger partial charge in [-0.15, -0.1) is 0 Å². The first-order chi connectivity index (χ1) is 7.69. The van der Waals surface area contributed by atoms with Crippen molar-refractivity contribution >= 4 is 5.91 Å². The molecule has 1 amide bonds. The lowest BCUT2D eigenvalue weighted by molar-refractivity contribution is -0.130. The Balaban J connectivity index is 2.59. The molecule has 1 N–H and O–H groups in total. The van der Waals surface area contributed by atoms with E-state index in [0.717, 1.165) is 18.9 Å². The average Bonchev–Trinajstić information content (AvgIpc) is 2.72. The summed E-state index contributed by atoms with van der Waals surface area (Å²) in [5.41, 5.74) is 0. The normalized spacial score (nSPS) is 10.4. The fraction of sp³-hybridized carbons (Fsp3) is 0.636. The van der Waals surface area contributed by atoms with Gasteiger partial charge in [-0.3, -0.25) is 4.79 Å². The zero-order chi connectivity index (χ0) is 12.0. The van der Waals surface area contributed by atoms with Gasteiger partial charge in [-0.1, -0.05) is 6.92 Å². The largest absolute Gasteiger partial charge is 0.344 e. The van der Waals surface area contributed by atoms with E-state index < -0.39 is 0 Å². The number of carbonyl (C=O) groups excluding carboxylic acids is 1. The fourth-order valence-electron chi connectivity index (χ4n) is 1.33. The van der Waals surface area contributed by atoms with E-state index in [1.807, 2.05) is 31.7 Å². The quantitative estimate of drug-likeness (QED) is 0.764. The summed E-state index contributed by atoms with van der Waals surface area (Å²) in [5.74, 6) is 1.01. The van der Waals surface area contributed by atoms with Crippen molar-refractivity contribution in [1.29, 1.82) is 0 Å². The molecule has 0 atom stereocenters. The standard InChI is InChI=1S/C11H20N4O/c1-4-12-8-10-13-6-7-15(10)9-11(16)14(3)5-2/h6-7,12H,4-5,8-9H2,1-3H3. The van der Waals surface area contributed by atoms with Crippen LogP contribution in [0.3, 0.4) is 0 Å². The van der Waals surface area contributed by atoms with Crippen molar-refractivity contribution < 1.29 is 4.79 Å². The maximum Gasteiger partial charge on any atom is 0.242 e. The van der Waals surface area contributed by atoms with Gasteiger partial charge in [0.15, 0.2) is 0 Å². The Morgan fingerprint density at radius 1 is 1.56 bits per heavy atom. The smallest absolute Gasteiger partial charge is 0.242 e. The lowest BCUT2D eigenvalue weighted by Crippen LogP contribution is -2.30. The molecule has 0 saturated heterocycles. The maximum absolute atomic E-state index is 11.7. The molecular formula is C11H20N4O. The van der Waals surface area contributed by atoms with Crippen molar-refractivity contribution in [2.24, 2.45) is 0 Å². The molecule has 0 radical (unpaired) electrons. The number of amides is 1. The molecule has 1 aromatic rings. The van der Waals surface area contributed by atoms with E-state index in [1.165, 1.54) is 0 Å².